The molecule has 1 heterocycles. The van der Waals surface area contributed by atoms with Crippen LogP contribution in [0.1, 0.15) is 32.6 Å². The average Bonchev–Trinajstić information content (AvgIpc) is 2.37. The highest BCUT2D eigenvalue weighted by Gasteiger charge is 2.35. The van der Waals surface area contributed by atoms with Gasteiger partial charge < -0.3 is 21.1 Å². The van der Waals surface area contributed by atoms with Crippen LogP contribution in [-0.2, 0) is 9.53 Å². The first-order valence-corrected chi connectivity index (χ1v) is 7.04. The summed E-state index contributed by atoms with van der Waals surface area (Å²) in [5.74, 6) is 0.00256. The van der Waals surface area contributed by atoms with Crippen LogP contribution in [0.4, 0.5) is 0 Å². The number of allylic oxidation sites excluding steroid dienone is 1. The normalized spacial score (nSPS) is 31.7. The summed E-state index contributed by atoms with van der Waals surface area (Å²) < 4.78 is 5.38. The van der Waals surface area contributed by atoms with E-state index < -0.39 is 0 Å². The molecule has 0 aromatic rings. The van der Waals surface area contributed by atoms with E-state index in [0.717, 1.165) is 31.4 Å². The van der Waals surface area contributed by atoms with Crippen molar-refractivity contribution in [3.63, 3.8) is 0 Å². The molecule has 2 aliphatic rings. The number of nitrogens with two attached hydrogens (primary N) is 1. The molecule has 5 nitrogen and oxygen atoms in total. The number of methoxy groups -OCH3 is 1. The first kappa shape index (κ1) is 14.3. The molecule has 0 unspecified atom stereocenters. The molecule has 0 saturated heterocycles. The van der Waals surface area contributed by atoms with Crippen LogP contribution in [0, 0.1) is 5.92 Å². The van der Waals surface area contributed by atoms with Gasteiger partial charge >= 0.3 is 0 Å². The Balaban J connectivity index is 2.15. The van der Waals surface area contributed by atoms with Crippen molar-refractivity contribution >= 4 is 23.2 Å². The molecule has 4 N–H and O–H groups in total. The van der Waals surface area contributed by atoms with Crippen molar-refractivity contribution in [1.82, 2.24) is 10.6 Å². The topological polar surface area (TPSA) is 76.4 Å². The van der Waals surface area contributed by atoms with Crippen molar-refractivity contribution in [1.29, 1.82) is 0 Å². The monoisotopic (exact) mass is 283 g/mol. The summed E-state index contributed by atoms with van der Waals surface area (Å²) >= 11 is 5.18. The van der Waals surface area contributed by atoms with Crippen molar-refractivity contribution in [2.75, 3.05) is 7.11 Å². The Morgan fingerprint density at radius 3 is 2.53 bits per heavy atom. The fourth-order valence-corrected chi connectivity index (χ4v) is 3.35. The van der Waals surface area contributed by atoms with Crippen molar-refractivity contribution < 1.29 is 9.53 Å². The van der Waals surface area contributed by atoms with Gasteiger partial charge in [0.1, 0.15) is 0 Å². The van der Waals surface area contributed by atoms with Gasteiger partial charge in [0, 0.05) is 12.8 Å². The third kappa shape index (κ3) is 3.06. The SMILES string of the molecule is COC1CCC([C@@H]2NC(=S)NC(C)=C2C(N)=O)CC1. The van der Waals surface area contributed by atoms with Crippen LogP contribution in [0.25, 0.3) is 0 Å². The van der Waals surface area contributed by atoms with E-state index in [1.807, 2.05) is 6.92 Å². The number of primary amides is 1. The standard InChI is InChI=1S/C13H21N3O2S/c1-7-10(12(14)17)11(16-13(19)15-7)8-3-5-9(18-2)6-4-8/h8-9,11H,3-6H2,1-2H3,(H2,14,17)(H2,15,16,19)/t8?,9?,11-/m0/s1. The Bertz CT molecular complexity index is 414. The zero-order valence-electron chi connectivity index (χ0n) is 11.4. The summed E-state index contributed by atoms with van der Waals surface area (Å²) in [6.07, 6.45) is 4.41. The van der Waals surface area contributed by atoms with E-state index >= 15 is 0 Å². The first-order chi connectivity index (χ1) is 9.02. The predicted molar refractivity (Wildman–Crippen MR) is 77.3 cm³/mol. The first-order valence-electron chi connectivity index (χ1n) is 6.63. The lowest BCUT2D eigenvalue weighted by molar-refractivity contribution is -0.115. The zero-order valence-corrected chi connectivity index (χ0v) is 12.2. The minimum absolute atomic E-state index is 0.0657. The minimum atomic E-state index is -0.376. The van der Waals surface area contributed by atoms with E-state index in [1.165, 1.54) is 0 Å². The van der Waals surface area contributed by atoms with Gasteiger partial charge in [-0.1, -0.05) is 0 Å². The number of thiocarbonyl (C=S) groups is 1. The molecule has 1 atom stereocenters. The van der Waals surface area contributed by atoms with Gasteiger partial charge in [-0.25, -0.2) is 0 Å². The highest BCUT2D eigenvalue weighted by Crippen LogP contribution is 2.32. The fourth-order valence-electron chi connectivity index (χ4n) is 3.07. The molecule has 0 radical (unpaired) electrons. The molecule has 2 rings (SSSR count). The van der Waals surface area contributed by atoms with Gasteiger partial charge in [-0.3, -0.25) is 4.79 Å². The van der Waals surface area contributed by atoms with Crippen LogP contribution in [-0.4, -0.2) is 30.3 Å². The Morgan fingerprint density at radius 2 is 2.00 bits per heavy atom. The van der Waals surface area contributed by atoms with Crippen molar-refractivity contribution in [2.24, 2.45) is 11.7 Å². The molecular weight excluding hydrogens is 262 g/mol. The third-order valence-corrected chi connectivity index (χ3v) is 4.31. The Kier molecular flexibility index (Phi) is 4.42. The number of rotatable bonds is 3. The van der Waals surface area contributed by atoms with E-state index in [4.69, 9.17) is 22.7 Å². The Morgan fingerprint density at radius 1 is 1.37 bits per heavy atom. The average molecular weight is 283 g/mol. The highest BCUT2D eigenvalue weighted by atomic mass is 32.1. The van der Waals surface area contributed by atoms with Crippen LogP contribution in [0.2, 0.25) is 0 Å². The number of amides is 1. The van der Waals surface area contributed by atoms with Crippen molar-refractivity contribution in [2.45, 2.75) is 44.8 Å². The second-order valence-electron chi connectivity index (χ2n) is 5.25. The van der Waals surface area contributed by atoms with Gasteiger partial charge in [0.2, 0.25) is 5.91 Å². The summed E-state index contributed by atoms with van der Waals surface area (Å²) in [6, 6.07) is -0.0657. The largest absolute Gasteiger partial charge is 0.381 e. The van der Waals surface area contributed by atoms with Crippen molar-refractivity contribution in [3.8, 4) is 0 Å². The molecule has 1 aliphatic heterocycles. The molecule has 19 heavy (non-hydrogen) atoms. The smallest absolute Gasteiger partial charge is 0.248 e. The number of carbonyl (C=O) groups excluding carboxylic acids is 1. The molecular formula is C13H21N3O2S. The summed E-state index contributed by atoms with van der Waals surface area (Å²) in [4.78, 5) is 11.7. The van der Waals surface area contributed by atoms with Crippen molar-refractivity contribution in [3.05, 3.63) is 11.3 Å². The lowest BCUT2D eigenvalue weighted by Gasteiger charge is -2.38. The van der Waals surface area contributed by atoms with E-state index in [9.17, 15) is 4.79 Å². The second kappa shape index (κ2) is 5.88. The fraction of sp³-hybridized carbons (Fsp3) is 0.692. The van der Waals surface area contributed by atoms with Gasteiger partial charge in [-0.05, 0) is 50.7 Å². The Labute approximate surface area is 118 Å². The van der Waals surface area contributed by atoms with Gasteiger partial charge in [-0.15, -0.1) is 0 Å². The lowest BCUT2D eigenvalue weighted by atomic mass is 9.78. The quantitative estimate of drug-likeness (QED) is 0.668. The maximum atomic E-state index is 11.7. The number of hydrogen-bond donors (Lipinski definition) is 3. The number of carbonyl (C=O) groups is 1. The maximum Gasteiger partial charge on any atom is 0.248 e. The van der Waals surface area contributed by atoms with Gasteiger partial charge in [-0.2, -0.15) is 0 Å². The number of ether oxygens (including phenoxy) is 1. The predicted octanol–water partition coefficient (Wildman–Crippen LogP) is 0.797. The van der Waals surface area contributed by atoms with Crippen LogP contribution >= 0.6 is 12.2 Å². The summed E-state index contributed by atoms with van der Waals surface area (Å²) in [6.45, 7) is 1.85. The van der Waals surface area contributed by atoms with Crippen LogP contribution in [0.3, 0.4) is 0 Å². The van der Waals surface area contributed by atoms with Gasteiger partial charge in [0.15, 0.2) is 5.11 Å². The van der Waals surface area contributed by atoms with E-state index in [0.29, 0.717) is 22.7 Å². The lowest BCUT2D eigenvalue weighted by Crippen LogP contribution is -2.54. The van der Waals surface area contributed by atoms with Crippen LogP contribution in [0.5, 0.6) is 0 Å². The Hall–Kier alpha value is -1.14. The van der Waals surface area contributed by atoms with E-state index in [1.54, 1.807) is 7.11 Å². The summed E-state index contributed by atoms with van der Waals surface area (Å²) in [5.41, 5.74) is 6.92. The molecule has 0 bridgehead atoms. The molecule has 0 aromatic heterocycles. The zero-order chi connectivity index (χ0) is 14.0. The van der Waals surface area contributed by atoms with Gasteiger partial charge in [0.25, 0.3) is 0 Å². The molecule has 106 valence electrons. The molecule has 6 heteroatoms. The number of hydrogen-bond acceptors (Lipinski definition) is 3. The molecule has 1 aliphatic carbocycles. The molecule has 0 spiro atoms. The molecule has 0 aromatic carbocycles. The van der Waals surface area contributed by atoms with Crippen LogP contribution in [0.15, 0.2) is 11.3 Å². The third-order valence-electron chi connectivity index (χ3n) is 4.09. The summed E-state index contributed by atoms with van der Waals surface area (Å²) in [5, 5.41) is 6.75. The molecule has 1 fully saturated rings. The van der Waals surface area contributed by atoms with E-state index in [-0.39, 0.29) is 11.9 Å². The maximum absolute atomic E-state index is 11.7. The van der Waals surface area contributed by atoms with E-state index in [2.05, 4.69) is 10.6 Å². The minimum Gasteiger partial charge on any atom is -0.381 e. The number of nitrogens with one attached hydrogen (secondary N) is 2. The molecule has 1 saturated carbocycles. The van der Waals surface area contributed by atoms with Gasteiger partial charge in [0.05, 0.1) is 17.7 Å². The summed E-state index contributed by atoms with van der Waals surface area (Å²) in [7, 11) is 1.75. The van der Waals surface area contributed by atoms with Crippen LogP contribution < -0.4 is 16.4 Å². The second-order valence-corrected chi connectivity index (χ2v) is 5.66. The molecule has 1 amide bonds. The highest BCUT2D eigenvalue weighted by molar-refractivity contribution is 7.80.